The van der Waals surface area contributed by atoms with Crippen molar-refractivity contribution >= 4 is 34.6 Å². The molecule has 0 aliphatic heterocycles. The zero-order valence-electron chi connectivity index (χ0n) is 15.9. The van der Waals surface area contributed by atoms with Crippen LogP contribution in [0.1, 0.15) is 15.4 Å². The van der Waals surface area contributed by atoms with Crippen molar-refractivity contribution in [1.29, 1.82) is 0 Å². The standard InChI is InChI=1S/C19H16N4O6S/c1-11-20-15(10-30-11)12-4-3-5-14(6-12)21-17(24)9-22-8-13(19(26)29-2)7-16(18(22)25)23(27)28/h3-8,10H,9H2,1-2H3,(H,21,24). The first-order valence-electron chi connectivity index (χ1n) is 8.58. The largest absolute Gasteiger partial charge is 0.465 e. The Morgan fingerprint density at radius 3 is 2.73 bits per heavy atom. The molecule has 10 nitrogen and oxygen atoms in total. The summed E-state index contributed by atoms with van der Waals surface area (Å²) in [5, 5.41) is 16.6. The summed E-state index contributed by atoms with van der Waals surface area (Å²) < 4.78 is 5.34. The van der Waals surface area contributed by atoms with Gasteiger partial charge in [0.05, 0.1) is 28.3 Å². The fourth-order valence-electron chi connectivity index (χ4n) is 2.71. The Hall–Kier alpha value is -3.86. The molecular weight excluding hydrogens is 412 g/mol. The highest BCUT2D eigenvalue weighted by atomic mass is 32.1. The number of aryl methyl sites for hydroxylation is 1. The van der Waals surface area contributed by atoms with Crippen LogP contribution in [0.3, 0.4) is 0 Å². The molecule has 1 aromatic carbocycles. The molecule has 154 valence electrons. The number of rotatable bonds is 6. The highest BCUT2D eigenvalue weighted by molar-refractivity contribution is 7.09. The number of hydrogen-bond donors (Lipinski definition) is 1. The fourth-order valence-corrected chi connectivity index (χ4v) is 3.33. The number of carbonyl (C=O) groups excluding carboxylic acids is 2. The molecule has 0 aliphatic carbocycles. The number of thiazole rings is 1. The zero-order valence-corrected chi connectivity index (χ0v) is 16.8. The van der Waals surface area contributed by atoms with Crippen LogP contribution in [-0.4, -0.2) is 33.5 Å². The van der Waals surface area contributed by atoms with Gasteiger partial charge in [0.1, 0.15) is 6.54 Å². The van der Waals surface area contributed by atoms with E-state index in [2.05, 4.69) is 15.0 Å². The number of ether oxygens (including phenoxy) is 1. The molecule has 3 aromatic rings. The number of methoxy groups -OCH3 is 1. The Bertz CT molecular complexity index is 1200. The lowest BCUT2D eigenvalue weighted by Crippen LogP contribution is -2.29. The Labute approximate surface area is 173 Å². The SMILES string of the molecule is COC(=O)c1cc([N+](=O)[O-])c(=O)n(CC(=O)Nc2cccc(-c3csc(C)n3)c2)c1. The van der Waals surface area contributed by atoms with Crippen LogP contribution in [0.5, 0.6) is 0 Å². The van der Waals surface area contributed by atoms with Crippen molar-refractivity contribution in [3.05, 3.63) is 72.9 Å². The van der Waals surface area contributed by atoms with Crippen molar-refractivity contribution < 1.29 is 19.2 Å². The molecule has 2 aromatic heterocycles. The van der Waals surface area contributed by atoms with E-state index < -0.39 is 34.6 Å². The van der Waals surface area contributed by atoms with Crippen LogP contribution < -0.4 is 10.9 Å². The van der Waals surface area contributed by atoms with E-state index in [9.17, 15) is 24.5 Å². The molecule has 1 amide bonds. The van der Waals surface area contributed by atoms with Gasteiger partial charge < -0.3 is 10.1 Å². The molecule has 0 unspecified atom stereocenters. The van der Waals surface area contributed by atoms with Crippen LogP contribution in [0.15, 0.2) is 46.7 Å². The van der Waals surface area contributed by atoms with E-state index in [4.69, 9.17) is 0 Å². The first kappa shape index (κ1) is 20.9. The van der Waals surface area contributed by atoms with Crippen LogP contribution in [0.4, 0.5) is 11.4 Å². The minimum Gasteiger partial charge on any atom is -0.465 e. The quantitative estimate of drug-likeness (QED) is 0.362. The van der Waals surface area contributed by atoms with Gasteiger partial charge in [0.25, 0.3) is 0 Å². The summed E-state index contributed by atoms with van der Waals surface area (Å²) >= 11 is 1.50. The van der Waals surface area contributed by atoms with E-state index in [1.165, 1.54) is 11.3 Å². The van der Waals surface area contributed by atoms with Gasteiger partial charge in [-0.3, -0.25) is 24.3 Å². The monoisotopic (exact) mass is 428 g/mol. The molecule has 0 saturated carbocycles. The number of anilines is 1. The smallest absolute Gasteiger partial charge is 0.339 e. The van der Waals surface area contributed by atoms with Gasteiger partial charge in [-0.2, -0.15) is 0 Å². The number of amides is 1. The molecule has 3 rings (SSSR count). The normalized spacial score (nSPS) is 10.5. The topological polar surface area (TPSA) is 133 Å². The summed E-state index contributed by atoms with van der Waals surface area (Å²) in [7, 11) is 1.10. The van der Waals surface area contributed by atoms with E-state index >= 15 is 0 Å². The number of aromatic nitrogens is 2. The number of nitrogens with one attached hydrogen (secondary N) is 1. The van der Waals surface area contributed by atoms with Crippen molar-refractivity contribution in [2.24, 2.45) is 0 Å². The molecule has 0 bridgehead atoms. The van der Waals surface area contributed by atoms with E-state index in [0.717, 1.165) is 40.2 Å². The molecular formula is C19H16N4O6S. The zero-order chi connectivity index (χ0) is 21.8. The summed E-state index contributed by atoms with van der Waals surface area (Å²) in [5.74, 6) is -1.46. The van der Waals surface area contributed by atoms with Gasteiger partial charge in [0.15, 0.2) is 0 Å². The molecule has 0 aliphatic rings. The molecule has 1 N–H and O–H groups in total. The third kappa shape index (κ3) is 4.58. The number of nitro groups is 1. The van der Waals surface area contributed by atoms with E-state index in [1.807, 2.05) is 18.4 Å². The van der Waals surface area contributed by atoms with Gasteiger partial charge >= 0.3 is 17.2 Å². The third-order valence-electron chi connectivity index (χ3n) is 4.06. The van der Waals surface area contributed by atoms with Gasteiger partial charge in [0.2, 0.25) is 5.91 Å². The van der Waals surface area contributed by atoms with E-state index in [0.29, 0.717) is 5.69 Å². The molecule has 30 heavy (non-hydrogen) atoms. The van der Waals surface area contributed by atoms with E-state index in [-0.39, 0.29) is 5.56 Å². The minimum absolute atomic E-state index is 0.211. The number of esters is 1. The summed E-state index contributed by atoms with van der Waals surface area (Å²) in [6.07, 6.45) is 1.05. The number of hydrogen-bond acceptors (Lipinski definition) is 8. The van der Waals surface area contributed by atoms with Gasteiger partial charge in [0, 0.05) is 28.9 Å². The van der Waals surface area contributed by atoms with Gasteiger partial charge in [-0.15, -0.1) is 11.3 Å². The average molecular weight is 428 g/mol. The fraction of sp³-hybridized carbons (Fsp3) is 0.158. The van der Waals surface area contributed by atoms with Crippen LogP contribution in [-0.2, 0) is 16.1 Å². The second-order valence-corrected chi connectivity index (χ2v) is 7.24. The van der Waals surface area contributed by atoms with Crippen molar-refractivity contribution in [3.8, 4) is 11.3 Å². The average Bonchev–Trinajstić information content (AvgIpc) is 3.15. The molecule has 0 spiro atoms. The van der Waals surface area contributed by atoms with Crippen LogP contribution in [0.25, 0.3) is 11.3 Å². The summed E-state index contributed by atoms with van der Waals surface area (Å²) in [5.41, 5.74) is -0.00251. The summed E-state index contributed by atoms with van der Waals surface area (Å²) in [6.45, 7) is 1.36. The lowest BCUT2D eigenvalue weighted by atomic mass is 10.1. The van der Waals surface area contributed by atoms with Crippen molar-refractivity contribution in [2.45, 2.75) is 13.5 Å². The van der Waals surface area contributed by atoms with E-state index in [1.54, 1.807) is 18.2 Å². The maximum Gasteiger partial charge on any atom is 0.339 e. The van der Waals surface area contributed by atoms with Gasteiger partial charge in [-0.25, -0.2) is 9.78 Å². The highest BCUT2D eigenvalue weighted by Crippen LogP contribution is 2.24. The Morgan fingerprint density at radius 2 is 2.10 bits per heavy atom. The second kappa shape index (κ2) is 8.66. The third-order valence-corrected chi connectivity index (χ3v) is 4.83. The van der Waals surface area contributed by atoms with Crippen molar-refractivity contribution in [1.82, 2.24) is 9.55 Å². The molecule has 0 saturated heterocycles. The Balaban J connectivity index is 1.84. The minimum atomic E-state index is -1.01. The summed E-state index contributed by atoms with van der Waals surface area (Å²) in [4.78, 5) is 51.1. The Kier molecular flexibility index (Phi) is 6.02. The first-order chi connectivity index (χ1) is 14.3. The second-order valence-electron chi connectivity index (χ2n) is 6.18. The maximum absolute atomic E-state index is 12.4. The van der Waals surface area contributed by atoms with Crippen molar-refractivity contribution in [2.75, 3.05) is 12.4 Å². The number of benzene rings is 1. The number of carbonyl (C=O) groups is 2. The molecule has 0 atom stereocenters. The Morgan fingerprint density at radius 1 is 1.33 bits per heavy atom. The number of nitrogens with zero attached hydrogens (tertiary/aromatic N) is 3. The molecule has 0 fully saturated rings. The predicted octanol–water partition coefficient (Wildman–Crippen LogP) is 2.61. The first-order valence-corrected chi connectivity index (χ1v) is 9.46. The lowest BCUT2D eigenvalue weighted by molar-refractivity contribution is -0.386. The molecule has 11 heteroatoms. The van der Waals surface area contributed by atoms with Gasteiger partial charge in [-0.1, -0.05) is 12.1 Å². The van der Waals surface area contributed by atoms with Crippen LogP contribution in [0, 0.1) is 17.0 Å². The molecule has 0 radical (unpaired) electrons. The molecule has 2 heterocycles. The number of pyridine rings is 1. The maximum atomic E-state index is 12.4. The lowest BCUT2D eigenvalue weighted by Gasteiger charge is -2.09. The predicted molar refractivity (Wildman–Crippen MR) is 110 cm³/mol. The summed E-state index contributed by atoms with van der Waals surface area (Å²) in [6, 6.07) is 7.80. The highest BCUT2D eigenvalue weighted by Gasteiger charge is 2.21. The van der Waals surface area contributed by atoms with Crippen molar-refractivity contribution in [3.63, 3.8) is 0 Å². The van der Waals surface area contributed by atoms with Crippen LogP contribution in [0.2, 0.25) is 0 Å². The van der Waals surface area contributed by atoms with Gasteiger partial charge in [-0.05, 0) is 19.1 Å². The van der Waals surface area contributed by atoms with Crippen LogP contribution >= 0.6 is 11.3 Å².